The van der Waals surface area contributed by atoms with Crippen LogP contribution in [0.5, 0.6) is 5.75 Å². The monoisotopic (exact) mass is 812 g/mol. The lowest BCUT2D eigenvalue weighted by Crippen LogP contribution is -2.59. The molecule has 5 rings (SSSR count). The summed E-state index contributed by atoms with van der Waals surface area (Å²) in [4.78, 5) is 12.0. The van der Waals surface area contributed by atoms with Gasteiger partial charge in [-0.25, -0.2) is 0 Å². The van der Waals surface area contributed by atoms with Crippen molar-refractivity contribution in [3.8, 4) is 17.6 Å². The van der Waals surface area contributed by atoms with Gasteiger partial charge in [0.1, 0.15) is 5.75 Å². The first-order chi connectivity index (χ1) is 28.4. The number of rotatable bonds is 17. The van der Waals surface area contributed by atoms with Crippen molar-refractivity contribution in [3.63, 3.8) is 0 Å². The molecule has 2 heterocycles. The molecule has 1 aliphatic carbocycles. The zero-order valence-corrected chi connectivity index (χ0v) is 35.0. The van der Waals surface area contributed by atoms with Crippen LogP contribution in [0, 0.1) is 23.7 Å². The van der Waals surface area contributed by atoms with E-state index < -0.39 is 54.5 Å². The molecule has 10 heteroatoms. The van der Waals surface area contributed by atoms with E-state index >= 15 is 0 Å². The number of aliphatic hydroxyl groups excluding tert-OH is 4. The van der Waals surface area contributed by atoms with Gasteiger partial charge < -0.3 is 46.4 Å². The molecule has 0 aromatic heterocycles. The van der Waals surface area contributed by atoms with Gasteiger partial charge in [0.2, 0.25) is 0 Å². The van der Waals surface area contributed by atoms with Crippen LogP contribution in [0.15, 0.2) is 84.0 Å². The molecule has 3 aliphatic rings. The van der Waals surface area contributed by atoms with Gasteiger partial charge in [-0.2, -0.15) is 0 Å². The summed E-state index contributed by atoms with van der Waals surface area (Å²) >= 11 is 0. The van der Waals surface area contributed by atoms with Gasteiger partial charge in [-0.15, -0.1) is 0 Å². The summed E-state index contributed by atoms with van der Waals surface area (Å²) in [6, 6.07) is 14.1. The summed E-state index contributed by atoms with van der Waals surface area (Å²) in [7, 11) is 0. The van der Waals surface area contributed by atoms with E-state index in [0.29, 0.717) is 38.5 Å². The number of aryl methyl sites for hydroxylation is 1. The molecular weight excluding hydrogens is 745 g/mol. The summed E-state index contributed by atoms with van der Waals surface area (Å²) in [5.41, 5.74) is 3.15. The van der Waals surface area contributed by atoms with E-state index in [9.17, 15) is 40.5 Å². The fraction of sp³-hybridized carbons (Fsp3) is 0.571. The minimum Gasteiger partial charge on any atom is -0.508 e. The number of phenols is 1. The van der Waals surface area contributed by atoms with Crippen molar-refractivity contribution in [1.82, 2.24) is 10.6 Å². The van der Waals surface area contributed by atoms with Crippen LogP contribution >= 0.6 is 0 Å². The highest BCUT2D eigenvalue weighted by molar-refractivity contribution is 5.67. The molecule has 0 radical (unpaired) electrons. The Morgan fingerprint density at radius 3 is 2.54 bits per heavy atom. The second-order valence-corrected chi connectivity index (χ2v) is 17.3. The first-order valence-electron chi connectivity index (χ1n) is 21.9. The van der Waals surface area contributed by atoms with Gasteiger partial charge in [0.05, 0.1) is 42.5 Å². The van der Waals surface area contributed by atoms with Gasteiger partial charge in [-0.1, -0.05) is 99.1 Å². The molecule has 322 valence electrons. The molecule has 0 saturated carbocycles. The molecule has 1 fully saturated rings. The number of allylic oxidation sites excluding steroid dienone is 2. The minimum absolute atomic E-state index is 0.00332. The second-order valence-electron chi connectivity index (χ2n) is 17.3. The number of phenolic OH excluding ortho intramolecular Hbond substituents is 1. The van der Waals surface area contributed by atoms with Crippen LogP contribution in [0.3, 0.4) is 0 Å². The molecule has 2 aromatic carbocycles. The van der Waals surface area contributed by atoms with Crippen LogP contribution in [0.2, 0.25) is 0 Å². The maximum Gasteiger partial charge on any atom is 0.303 e. The van der Waals surface area contributed by atoms with E-state index in [1.165, 1.54) is 0 Å². The van der Waals surface area contributed by atoms with Crippen molar-refractivity contribution in [2.75, 3.05) is 6.61 Å². The number of aliphatic carboxylic acids is 1. The van der Waals surface area contributed by atoms with E-state index in [-0.39, 0.29) is 43.0 Å². The normalized spacial score (nSPS) is 27.9. The van der Waals surface area contributed by atoms with Crippen molar-refractivity contribution in [2.45, 2.75) is 158 Å². The Balaban J connectivity index is 1.63. The van der Waals surface area contributed by atoms with Gasteiger partial charge in [-0.3, -0.25) is 4.79 Å². The Morgan fingerprint density at radius 1 is 1.02 bits per heavy atom. The third-order valence-corrected chi connectivity index (χ3v) is 12.6. The van der Waals surface area contributed by atoms with Crippen molar-refractivity contribution in [2.24, 2.45) is 11.8 Å². The van der Waals surface area contributed by atoms with Crippen molar-refractivity contribution in [1.29, 1.82) is 0 Å². The number of carboxylic acid groups (broad SMARTS) is 1. The third-order valence-electron chi connectivity index (χ3n) is 12.6. The highest BCUT2D eigenvalue weighted by Crippen LogP contribution is 2.36. The Morgan fingerprint density at radius 2 is 1.80 bits per heavy atom. The molecule has 10 atom stereocenters. The lowest BCUT2D eigenvalue weighted by molar-refractivity contribution is -0.138. The zero-order chi connectivity index (χ0) is 42.4. The van der Waals surface area contributed by atoms with Gasteiger partial charge in [0, 0.05) is 36.5 Å². The summed E-state index contributed by atoms with van der Waals surface area (Å²) in [5, 5.41) is 83.8. The fourth-order valence-corrected chi connectivity index (χ4v) is 9.29. The van der Waals surface area contributed by atoms with Gasteiger partial charge in [0.25, 0.3) is 0 Å². The standard InChI is InChI=1S/C49H68N2O8/c1-3-4-17-45(55)46(56)27-24-37-22-20-35-11-5-6-12-36(35)21-23-38-14-9-28-49(59,31-34-18-25-40(53)26-19-34)48(38)51-44(42(37)30-41(54)32-52)16-8-15-43-39(29-47(57)58)13-7-10-33(2)50-43/h5-6,9,11-12,14,18-19,24-27,33,38-39,41,43-46,48,50-56,59H,3-4,7-8,10,13,15-17,20,22,28-32H2,1-2H3,(H,57,58). The Labute approximate surface area is 351 Å². The van der Waals surface area contributed by atoms with Crippen LogP contribution in [0.4, 0.5) is 0 Å². The Bertz CT molecular complexity index is 1800. The third kappa shape index (κ3) is 13.6. The molecule has 0 bridgehead atoms. The number of hydrogen-bond donors (Lipinski definition) is 9. The Hall–Kier alpha value is -3.79. The first-order valence-corrected chi connectivity index (χ1v) is 21.9. The molecule has 59 heavy (non-hydrogen) atoms. The van der Waals surface area contributed by atoms with Crippen LogP contribution < -0.4 is 10.6 Å². The number of unbranched alkanes of at least 4 members (excludes halogenated alkanes) is 1. The van der Waals surface area contributed by atoms with E-state index in [4.69, 9.17) is 0 Å². The molecule has 0 amide bonds. The second kappa shape index (κ2) is 22.7. The predicted octanol–water partition coefficient (Wildman–Crippen LogP) is 5.87. The molecular formula is C49H68N2O8. The number of benzene rings is 2. The van der Waals surface area contributed by atoms with Crippen molar-refractivity contribution in [3.05, 3.63) is 101 Å². The average molecular weight is 813 g/mol. The van der Waals surface area contributed by atoms with E-state index in [2.05, 4.69) is 41.5 Å². The lowest BCUT2D eigenvalue weighted by atomic mass is 9.73. The zero-order valence-electron chi connectivity index (χ0n) is 35.0. The Kier molecular flexibility index (Phi) is 17.8. The summed E-state index contributed by atoms with van der Waals surface area (Å²) in [6.07, 6.45) is 13.3. The number of aromatic hydroxyl groups is 1. The fourth-order valence-electron chi connectivity index (χ4n) is 9.29. The predicted molar refractivity (Wildman–Crippen MR) is 232 cm³/mol. The van der Waals surface area contributed by atoms with Gasteiger partial charge in [0.15, 0.2) is 0 Å². The van der Waals surface area contributed by atoms with Crippen molar-refractivity contribution < 1.29 is 40.5 Å². The number of carboxylic acids is 1. The van der Waals surface area contributed by atoms with Crippen LogP contribution in [-0.4, -0.2) is 96.4 Å². The first kappa shape index (κ1) is 46.3. The minimum atomic E-state index is -1.31. The molecule has 10 nitrogen and oxygen atoms in total. The molecule has 1 saturated heterocycles. The topological polar surface area (TPSA) is 183 Å². The highest BCUT2D eigenvalue weighted by atomic mass is 16.4. The average Bonchev–Trinajstić information content (AvgIpc) is 3.38. The number of fused-ring (bicyclic) bond motifs is 2. The molecule has 0 spiro atoms. The largest absolute Gasteiger partial charge is 0.508 e. The van der Waals surface area contributed by atoms with E-state index in [1.807, 2.05) is 49.4 Å². The maximum absolute atomic E-state index is 12.8. The number of nitrogens with one attached hydrogen (secondary N) is 2. The highest BCUT2D eigenvalue weighted by Gasteiger charge is 2.44. The SMILES string of the molecule is CCCCC(O)C(O)C=CC1=C(CC(O)CO)C(CCCC2NC(C)CCCC2CC(=O)O)NC2C(C#Cc3ccccc3CC1)C=CCC2(O)Cc1ccc(O)cc1. The van der Waals surface area contributed by atoms with Crippen LogP contribution in [-0.2, 0) is 17.6 Å². The maximum atomic E-state index is 12.8. The van der Waals surface area contributed by atoms with Crippen LogP contribution in [0.1, 0.15) is 114 Å². The molecule has 2 aliphatic heterocycles. The lowest BCUT2D eigenvalue weighted by Gasteiger charge is -2.44. The summed E-state index contributed by atoms with van der Waals surface area (Å²) in [6.45, 7) is 3.73. The molecule has 2 aromatic rings. The van der Waals surface area contributed by atoms with E-state index in [0.717, 1.165) is 66.4 Å². The quantitative estimate of drug-likeness (QED) is 0.0693. The molecule has 10 unspecified atom stereocenters. The number of carbonyl (C=O) groups is 1. The molecule has 9 N–H and O–H groups in total. The summed E-state index contributed by atoms with van der Waals surface area (Å²) < 4.78 is 0. The number of aliphatic hydroxyl groups is 5. The smallest absolute Gasteiger partial charge is 0.303 e. The van der Waals surface area contributed by atoms with Gasteiger partial charge in [-0.05, 0) is 111 Å². The van der Waals surface area contributed by atoms with Crippen LogP contribution in [0.25, 0.3) is 0 Å². The summed E-state index contributed by atoms with van der Waals surface area (Å²) in [5.74, 6) is 5.88. The van der Waals surface area contributed by atoms with Crippen molar-refractivity contribution >= 4 is 5.97 Å². The van der Waals surface area contributed by atoms with Gasteiger partial charge >= 0.3 is 5.97 Å². The number of hydrogen-bond acceptors (Lipinski definition) is 9. The van der Waals surface area contributed by atoms with E-state index in [1.54, 1.807) is 18.2 Å².